The van der Waals surface area contributed by atoms with E-state index in [9.17, 15) is 4.79 Å². The summed E-state index contributed by atoms with van der Waals surface area (Å²) < 4.78 is -1.79. The van der Waals surface area contributed by atoms with Crippen LogP contribution in [0.15, 0.2) is 54.6 Å². The summed E-state index contributed by atoms with van der Waals surface area (Å²) in [6.45, 7) is 2.05. The molecular formula is C19H20Cl3N3OS. The van der Waals surface area contributed by atoms with E-state index in [-0.39, 0.29) is 17.4 Å². The molecule has 0 bridgehead atoms. The number of para-hydroxylation sites is 1. The summed E-state index contributed by atoms with van der Waals surface area (Å²) in [5, 5.41) is 8.87. The van der Waals surface area contributed by atoms with Crippen molar-refractivity contribution in [1.82, 2.24) is 10.6 Å². The van der Waals surface area contributed by atoms with Crippen molar-refractivity contribution in [3.63, 3.8) is 0 Å². The number of nitrogens with one attached hydrogen (secondary N) is 3. The number of benzene rings is 2. The van der Waals surface area contributed by atoms with Gasteiger partial charge >= 0.3 is 0 Å². The normalized spacial score (nSPS) is 12.1. The molecular weight excluding hydrogens is 425 g/mol. The quantitative estimate of drug-likeness (QED) is 0.346. The number of alkyl halides is 3. The number of rotatable bonds is 6. The highest BCUT2D eigenvalue weighted by molar-refractivity contribution is 7.80. The first-order valence-corrected chi connectivity index (χ1v) is 9.89. The summed E-state index contributed by atoms with van der Waals surface area (Å²) in [6, 6.07) is 17.1. The lowest BCUT2D eigenvalue weighted by Crippen LogP contribution is -2.56. The number of anilines is 1. The second kappa shape index (κ2) is 10.1. The average Bonchev–Trinajstić information content (AvgIpc) is 2.61. The highest BCUT2D eigenvalue weighted by Gasteiger charge is 2.34. The van der Waals surface area contributed by atoms with Crippen molar-refractivity contribution in [2.45, 2.75) is 29.7 Å². The van der Waals surface area contributed by atoms with E-state index in [0.717, 1.165) is 23.2 Å². The number of halogens is 3. The van der Waals surface area contributed by atoms with Gasteiger partial charge in [0.2, 0.25) is 9.70 Å². The van der Waals surface area contributed by atoms with E-state index < -0.39 is 9.96 Å². The lowest BCUT2D eigenvalue weighted by Gasteiger charge is -2.28. The minimum atomic E-state index is -1.79. The maximum atomic E-state index is 12.3. The average molecular weight is 445 g/mol. The molecule has 0 aliphatic heterocycles. The van der Waals surface area contributed by atoms with Crippen LogP contribution in [0.4, 0.5) is 5.69 Å². The number of hydrogen-bond donors (Lipinski definition) is 3. The fraction of sp³-hybridized carbons (Fsp3) is 0.263. The summed E-state index contributed by atoms with van der Waals surface area (Å²) >= 11 is 23.4. The molecule has 1 amide bonds. The Labute approximate surface area is 179 Å². The van der Waals surface area contributed by atoms with Gasteiger partial charge in [-0.2, -0.15) is 0 Å². The zero-order valence-corrected chi connectivity index (χ0v) is 17.7. The van der Waals surface area contributed by atoms with E-state index in [2.05, 4.69) is 16.0 Å². The molecule has 0 aliphatic carbocycles. The minimum absolute atomic E-state index is 0.165. The molecule has 1 unspecified atom stereocenters. The molecule has 0 fully saturated rings. The number of carbonyl (C=O) groups excluding carboxylic acids is 1. The van der Waals surface area contributed by atoms with Crippen LogP contribution in [0.1, 0.15) is 18.1 Å². The van der Waals surface area contributed by atoms with E-state index >= 15 is 0 Å². The fourth-order valence-electron chi connectivity index (χ4n) is 2.43. The lowest BCUT2D eigenvalue weighted by molar-refractivity contribution is -0.121. The Kier molecular flexibility index (Phi) is 8.17. The van der Waals surface area contributed by atoms with Crippen molar-refractivity contribution in [1.29, 1.82) is 0 Å². The van der Waals surface area contributed by atoms with Crippen molar-refractivity contribution < 1.29 is 4.79 Å². The Bertz CT molecular complexity index is 781. The van der Waals surface area contributed by atoms with Gasteiger partial charge in [-0.05, 0) is 35.8 Å². The zero-order valence-electron chi connectivity index (χ0n) is 14.6. The standard InChI is InChI=1S/C19H20Cl3N3OS/c1-2-14-10-6-7-11-15(14)23-18(27)25-17(19(20,21)22)24-16(26)12-13-8-4-3-5-9-13/h3-11,17H,2,12H2,1H3,(H,24,26)(H2,23,25,27). The van der Waals surface area contributed by atoms with Crippen LogP contribution in [0.3, 0.4) is 0 Å². The van der Waals surface area contributed by atoms with Gasteiger partial charge in [-0.25, -0.2) is 0 Å². The van der Waals surface area contributed by atoms with Gasteiger partial charge in [0.05, 0.1) is 6.42 Å². The third-order valence-corrected chi connectivity index (χ3v) is 4.64. The van der Waals surface area contributed by atoms with Crippen LogP contribution >= 0.6 is 47.0 Å². The van der Waals surface area contributed by atoms with E-state index in [4.69, 9.17) is 47.0 Å². The molecule has 0 spiro atoms. The Hall–Kier alpha value is -1.53. The molecule has 0 radical (unpaired) electrons. The maximum absolute atomic E-state index is 12.3. The first kappa shape index (κ1) is 21.8. The van der Waals surface area contributed by atoms with Crippen LogP contribution in [0, 0.1) is 0 Å². The Morgan fingerprint density at radius 3 is 2.30 bits per heavy atom. The van der Waals surface area contributed by atoms with E-state index in [0.29, 0.717) is 0 Å². The summed E-state index contributed by atoms with van der Waals surface area (Å²) in [5.41, 5.74) is 2.81. The van der Waals surface area contributed by atoms with Crippen LogP contribution in [-0.4, -0.2) is 21.0 Å². The van der Waals surface area contributed by atoms with Crippen molar-refractivity contribution in [2.75, 3.05) is 5.32 Å². The smallest absolute Gasteiger partial charge is 0.228 e. The largest absolute Gasteiger partial charge is 0.339 e. The van der Waals surface area contributed by atoms with E-state index in [1.165, 1.54) is 0 Å². The van der Waals surface area contributed by atoms with Gasteiger partial charge in [0.25, 0.3) is 0 Å². The molecule has 0 saturated carbocycles. The topological polar surface area (TPSA) is 53.2 Å². The molecule has 2 aromatic rings. The molecule has 0 heterocycles. The Balaban J connectivity index is 2.01. The summed E-state index contributed by atoms with van der Waals surface area (Å²) in [5.74, 6) is -0.290. The first-order chi connectivity index (χ1) is 12.8. The monoisotopic (exact) mass is 443 g/mol. The molecule has 4 nitrogen and oxygen atoms in total. The SMILES string of the molecule is CCc1ccccc1NC(=S)NC(NC(=O)Cc1ccccc1)C(Cl)(Cl)Cl. The lowest BCUT2D eigenvalue weighted by atomic mass is 10.1. The van der Waals surface area contributed by atoms with Gasteiger partial charge in [0.15, 0.2) is 5.11 Å². The second-order valence-electron chi connectivity index (χ2n) is 5.81. The van der Waals surface area contributed by atoms with Crippen molar-refractivity contribution >= 4 is 63.7 Å². The third kappa shape index (κ3) is 7.18. The van der Waals surface area contributed by atoms with Crippen LogP contribution in [0.2, 0.25) is 0 Å². The number of hydrogen-bond acceptors (Lipinski definition) is 2. The third-order valence-electron chi connectivity index (χ3n) is 3.76. The highest BCUT2D eigenvalue weighted by Crippen LogP contribution is 2.29. The molecule has 3 N–H and O–H groups in total. The van der Waals surface area contributed by atoms with Crippen molar-refractivity contribution in [3.05, 3.63) is 65.7 Å². The van der Waals surface area contributed by atoms with Crippen molar-refractivity contribution in [2.24, 2.45) is 0 Å². The second-order valence-corrected chi connectivity index (χ2v) is 8.59. The molecule has 0 aliphatic rings. The summed E-state index contributed by atoms with van der Waals surface area (Å²) in [6.07, 6.45) is 0.0130. The van der Waals surface area contributed by atoms with Gasteiger partial charge in [0.1, 0.15) is 6.17 Å². The molecule has 144 valence electrons. The zero-order chi connectivity index (χ0) is 19.9. The Morgan fingerprint density at radius 1 is 1.04 bits per heavy atom. The maximum Gasteiger partial charge on any atom is 0.228 e. The van der Waals surface area contributed by atoms with Gasteiger partial charge < -0.3 is 16.0 Å². The number of carbonyl (C=O) groups is 1. The van der Waals surface area contributed by atoms with E-state index in [1.807, 2.05) is 61.5 Å². The number of aryl methyl sites for hydroxylation is 1. The number of amides is 1. The molecule has 2 aromatic carbocycles. The van der Waals surface area contributed by atoms with Gasteiger partial charge in [0, 0.05) is 5.69 Å². The van der Waals surface area contributed by atoms with Gasteiger partial charge in [-0.3, -0.25) is 4.79 Å². The van der Waals surface area contributed by atoms with Crippen LogP contribution < -0.4 is 16.0 Å². The van der Waals surface area contributed by atoms with E-state index in [1.54, 1.807) is 0 Å². The predicted octanol–water partition coefficient (Wildman–Crippen LogP) is 4.59. The molecule has 0 aromatic heterocycles. The molecule has 27 heavy (non-hydrogen) atoms. The first-order valence-electron chi connectivity index (χ1n) is 8.35. The minimum Gasteiger partial charge on any atom is -0.339 e. The molecule has 0 saturated heterocycles. The van der Waals surface area contributed by atoms with Crippen LogP contribution in [-0.2, 0) is 17.6 Å². The predicted molar refractivity (Wildman–Crippen MR) is 118 cm³/mol. The van der Waals surface area contributed by atoms with Gasteiger partial charge in [-0.15, -0.1) is 0 Å². The summed E-state index contributed by atoms with van der Waals surface area (Å²) in [7, 11) is 0. The number of thiocarbonyl (C=S) groups is 1. The molecule has 2 rings (SSSR count). The van der Waals surface area contributed by atoms with Crippen LogP contribution in [0.25, 0.3) is 0 Å². The molecule has 8 heteroatoms. The fourth-order valence-corrected chi connectivity index (χ4v) is 2.99. The molecule has 1 atom stereocenters. The summed E-state index contributed by atoms with van der Waals surface area (Å²) in [4.78, 5) is 12.3. The van der Waals surface area contributed by atoms with Crippen molar-refractivity contribution in [3.8, 4) is 0 Å². The van der Waals surface area contributed by atoms with Gasteiger partial charge in [-0.1, -0.05) is 90.3 Å². The van der Waals surface area contributed by atoms with Crippen LogP contribution in [0.5, 0.6) is 0 Å². The highest BCUT2D eigenvalue weighted by atomic mass is 35.6. The Morgan fingerprint density at radius 2 is 1.67 bits per heavy atom.